The van der Waals surface area contributed by atoms with Crippen molar-refractivity contribution in [1.29, 1.82) is 0 Å². The van der Waals surface area contributed by atoms with Gasteiger partial charge in [0.1, 0.15) is 0 Å². The predicted octanol–water partition coefficient (Wildman–Crippen LogP) is 4.83. The number of hydrogen-bond donors (Lipinski definition) is 1. The van der Waals surface area contributed by atoms with Gasteiger partial charge in [-0.1, -0.05) is 53.5 Å². The summed E-state index contributed by atoms with van der Waals surface area (Å²) in [6.07, 6.45) is 0.449. The van der Waals surface area contributed by atoms with Crippen molar-refractivity contribution in [3.05, 3.63) is 69.7 Å². The molecule has 0 aromatic heterocycles. The molecule has 0 bridgehead atoms. The van der Waals surface area contributed by atoms with E-state index in [0.29, 0.717) is 16.0 Å². The Labute approximate surface area is 122 Å². The summed E-state index contributed by atoms with van der Waals surface area (Å²) in [5, 5.41) is 11.6. The first-order valence-corrected chi connectivity index (χ1v) is 7.10. The number of benzene rings is 2. The Morgan fingerprint density at radius 3 is 2.53 bits per heavy atom. The molecule has 0 spiro atoms. The summed E-state index contributed by atoms with van der Waals surface area (Å²) in [6.45, 7) is 0. The molecular weight excluding hydrogens is 279 g/mol. The van der Waals surface area contributed by atoms with E-state index in [2.05, 4.69) is 12.1 Å². The first-order chi connectivity index (χ1) is 9.16. The Morgan fingerprint density at radius 1 is 1.05 bits per heavy atom. The van der Waals surface area contributed by atoms with Gasteiger partial charge in [-0.15, -0.1) is 0 Å². The van der Waals surface area contributed by atoms with Crippen molar-refractivity contribution < 1.29 is 5.11 Å². The summed E-state index contributed by atoms with van der Waals surface area (Å²) < 4.78 is 0. The van der Waals surface area contributed by atoms with E-state index in [4.69, 9.17) is 23.2 Å². The molecule has 1 aliphatic carbocycles. The third-order valence-corrected chi connectivity index (χ3v) is 4.33. The van der Waals surface area contributed by atoms with E-state index >= 15 is 0 Å². The first-order valence-electron chi connectivity index (χ1n) is 6.35. The van der Waals surface area contributed by atoms with Crippen molar-refractivity contribution in [3.8, 4) is 0 Å². The van der Waals surface area contributed by atoms with Crippen LogP contribution in [0.4, 0.5) is 0 Å². The third-order valence-electron chi connectivity index (χ3n) is 3.75. The number of rotatable bonds is 3. The van der Waals surface area contributed by atoms with Gasteiger partial charge in [-0.2, -0.15) is 0 Å². The van der Waals surface area contributed by atoms with E-state index in [1.165, 1.54) is 5.56 Å². The molecule has 1 aliphatic rings. The number of halogens is 2. The molecule has 1 N–H and O–H groups in total. The maximum atomic E-state index is 10.5. The van der Waals surface area contributed by atoms with Crippen molar-refractivity contribution in [2.75, 3.05) is 0 Å². The monoisotopic (exact) mass is 292 g/mol. The van der Waals surface area contributed by atoms with Crippen LogP contribution in [0.15, 0.2) is 48.5 Å². The van der Waals surface area contributed by atoms with Crippen LogP contribution in [0, 0.1) is 5.92 Å². The zero-order chi connectivity index (χ0) is 13.4. The summed E-state index contributed by atoms with van der Waals surface area (Å²) >= 11 is 12.1. The lowest BCUT2D eigenvalue weighted by molar-refractivity contribution is 0.151. The van der Waals surface area contributed by atoms with Gasteiger partial charge in [-0.3, -0.25) is 0 Å². The third kappa shape index (κ3) is 2.64. The molecule has 0 saturated heterocycles. The molecule has 0 aliphatic heterocycles. The van der Waals surface area contributed by atoms with E-state index in [1.54, 1.807) is 18.2 Å². The average Bonchev–Trinajstić information content (AvgIpc) is 3.22. The SMILES string of the molecule is OC(c1cc(Cl)ccc1Cl)C1CC1c1ccccc1. The van der Waals surface area contributed by atoms with Crippen LogP contribution < -0.4 is 0 Å². The van der Waals surface area contributed by atoms with E-state index in [1.807, 2.05) is 18.2 Å². The molecule has 2 aromatic rings. The van der Waals surface area contributed by atoms with Crippen molar-refractivity contribution in [2.24, 2.45) is 5.92 Å². The maximum Gasteiger partial charge on any atom is 0.0839 e. The molecule has 3 rings (SSSR count). The molecule has 0 amide bonds. The quantitative estimate of drug-likeness (QED) is 0.859. The number of hydrogen-bond acceptors (Lipinski definition) is 1. The van der Waals surface area contributed by atoms with Crippen LogP contribution in [0.25, 0.3) is 0 Å². The largest absolute Gasteiger partial charge is 0.388 e. The summed E-state index contributed by atoms with van der Waals surface area (Å²) in [5.74, 6) is 0.657. The van der Waals surface area contributed by atoms with Crippen LogP contribution in [0.1, 0.15) is 29.6 Å². The van der Waals surface area contributed by atoms with E-state index in [9.17, 15) is 5.11 Å². The zero-order valence-electron chi connectivity index (χ0n) is 10.3. The van der Waals surface area contributed by atoms with Crippen molar-refractivity contribution in [3.63, 3.8) is 0 Å². The van der Waals surface area contributed by atoms with Gasteiger partial charge in [0.15, 0.2) is 0 Å². The lowest BCUT2D eigenvalue weighted by atomic mass is 10.0. The normalized spacial score (nSPS) is 23.1. The van der Waals surface area contributed by atoms with Gasteiger partial charge in [0.05, 0.1) is 6.10 Å². The topological polar surface area (TPSA) is 20.2 Å². The molecule has 2 aromatic carbocycles. The summed E-state index contributed by atoms with van der Waals surface area (Å²) in [6, 6.07) is 15.5. The highest BCUT2D eigenvalue weighted by molar-refractivity contribution is 6.33. The molecule has 3 unspecified atom stereocenters. The molecule has 98 valence electrons. The fourth-order valence-corrected chi connectivity index (χ4v) is 3.03. The highest BCUT2D eigenvalue weighted by Crippen LogP contribution is 2.54. The highest BCUT2D eigenvalue weighted by atomic mass is 35.5. The smallest absolute Gasteiger partial charge is 0.0839 e. The Balaban J connectivity index is 1.80. The first kappa shape index (κ1) is 13.0. The minimum absolute atomic E-state index is 0.235. The summed E-state index contributed by atoms with van der Waals surface area (Å²) in [5.41, 5.74) is 2.02. The van der Waals surface area contributed by atoms with Gasteiger partial charge >= 0.3 is 0 Å². The van der Waals surface area contributed by atoms with Crippen molar-refractivity contribution >= 4 is 23.2 Å². The molecule has 1 fully saturated rings. The standard InChI is InChI=1S/C16H14Cl2O/c17-11-6-7-15(18)14(8-11)16(19)13-9-12(13)10-4-2-1-3-5-10/h1-8,12-13,16,19H,9H2. The molecule has 0 heterocycles. The van der Waals surface area contributed by atoms with Crippen LogP contribution in [0.5, 0.6) is 0 Å². The molecule has 3 atom stereocenters. The lowest BCUT2D eigenvalue weighted by Gasteiger charge is -2.13. The van der Waals surface area contributed by atoms with Gasteiger partial charge in [-0.25, -0.2) is 0 Å². The average molecular weight is 293 g/mol. The molecule has 19 heavy (non-hydrogen) atoms. The minimum atomic E-state index is -0.545. The van der Waals surface area contributed by atoms with Gasteiger partial charge in [0.25, 0.3) is 0 Å². The second-order valence-electron chi connectivity index (χ2n) is 5.03. The maximum absolute atomic E-state index is 10.5. The van der Waals surface area contributed by atoms with Crippen LogP contribution in [-0.2, 0) is 0 Å². The van der Waals surface area contributed by atoms with Gasteiger partial charge in [0.2, 0.25) is 0 Å². The fourth-order valence-electron chi connectivity index (χ4n) is 2.62. The van der Waals surface area contributed by atoms with E-state index in [-0.39, 0.29) is 5.92 Å². The molecular formula is C16H14Cl2O. The molecule has 0 radical (unpaired) electrons. The van der Waals surface area contributed by atoms with Crippen LogP contribution in [-0.4, -0.2) is 5.11 Å². The second-order valence-corrected chi connectivity index (χ2v) is 5.87. The number of aliphatic hydroxyl groups excluding tert-OH is 1. The van der Waals surface area contributed by atoms with Crippen molar-refractivity contribution in [1.82, 2.24) is 0 Å². The molecule has 1 saturated carbocycles. The van der Waals surface area contributed by atoms with Crippen molar-refractivity contribution in [2.45, 2.75) is 18.4 Å². The second kappa shape index (κ2) is 5.16. The fraction of sp³-hybridized carbons (Fsp3) is 0.250. The Morgan fingerprint density at radius 2 is 1.79 bits per heavy atom. The van der Waals surface area contributed by atoms with E-state index < -0.39 is 6.10 Å². The van der Waals surface area contributed by atoms with E-state index in [0.717, 1.165) is 12.0 Å². The lowest BCUT2D eigenvalue weighted by Crippen LogP contribution is -2.02. The Bertz CT molecular complexity index is 583. The predicted molar refractivity (Wildman–Crippen MR) is 78.7 cm³/mol. The van der Waals surface area contributed by atoms with Gasteiger partial charge in [0, 0.05) is 15.6 Å². The van der Waals surface area contributed by atoms with Crippen LogP contribution >= 0.6 is 23.2 Å². The molecule has 1 nitrogen and oxygen atoms in total. The summed E-state index contributed by atoms with van der Waals surface area (Å²) in [4.78, 5) is 0. The van der Waals surface area contributed by atoms with Gasteiger partial charge < -0.3 is 5.11 Å². The Kier molecular flexibility index (Phi) is 3.53. The molecule has 3 heteroatoms. The Hall–Kier alpha value is -1.02. The van der Waals surface area contributed by atoms with Gasteiger partial charge in [-0.05, 0) is 42.0 Å². The van der Waals surface area contributed by atoms with Crippen LogP contribution in [0.3, 0.4) is 0 Å². The highest BCUT2D eigenvalue weighted by Gasteiger charge is 2.44. The zero-order valence-corrected chi connectivity index (χ0v) is 11.8. The number of aliphatic hydroxyl groups is 1. The van der Waals surface area contributed by atoms with Crippen LogP contribution in [0.2, 0.25) is 10.0 Å². The minimum Gasteiger partial charge on any atom is -0.388 e. The summed E-state index contributed by atoms with van der Waals surface area (Å²) in [7, 11) is 0.